The fraction of sp³-hybridized carbons (Fsp3) is 0.417. The van der Waals surface area contributed by atoms with Crippen LogP contribution in [0.25, 0.3) is 0 Å². The van der Waals surface area contributed by atoms with E-state index in [-0.39, 0.29) is 5.97 Å². The highest BCUT2D eigenvalue weighted by Gasteiger charge is 2.23. The van der Waals surface area contributed by atoms with E-state index < -0.39 is 5.92 Å². The fourth-order valence-electron chi connectivity index (χ4n) is 1.37. The Labute approximate surface area is 95.2 Å². The van der Waals surface area contributed by atoms with Crippen LogP contribution in [0.1, 0.15) is 6.92 Å². The van der Waals surface area contributed by atoms with Crippen molar-refractivity contribution in [1.82, 2.24) is 0 Å². The van der Waals surface area contributed by atoms with Gasteiger partial charge in [-0.3, -0.25) is 4.79 Å². The van der Waals surface area contributed by atoms with Crippen molar-refractivity contribution in [2.45, 2.75) is 6.92 Å². The van der Waals surface area contributed by atoms with Gasteiger partial charge in [-0.25, -0.2) is 0 Å². The first-order chi connectivity index (χ1) is 7.72. The lowest BCUT2D eigenvalue weighted by Gasteiger charge is -2.13. The van der Waals surface area contributed by atoms with Crippen LogP contribution in [0, 0.1) is 5.92 Å². The number of carbonyl (C=O) groups excluding carboxylic acids is 1. The van der Waals surface area contributed by atoms with Gasteiger partial charge in [-0.2, -0.15) is 0 Å². The number of ether oxygens (including phenoxy) is 3. The zero-order chi connectivity index (χ0) is 12.0. The van der Waals surface area contributed by atoms with E-state index in [9.17, 15) is 4.79 Å². The summed E-state index contributed by atoms with van der Waals surface area (Å²) in [6.45, 7) is 2.12. The average Bonchev–Trinajstić information content (AvgIpc) is 2.50. The van der Waals surface area contributed by atoms with Gasteiger partial charge in [0.1, 0.15) is 17.4 Å². The van der Waals surface area contributed by atoms with Gasteiger partial charge in [0.2, 0.25) is 0 Å². The summed E-state index contributed by atoms with van der Waals surface area (Å²) in [6.07, 6.45) is 6.88. The van der Waals surface area contributed by atoms with Gasteiger partial charge >= 0.3 is 5.97 Å². The van der Waals surface area contributed by atoms with E-state index in [0.717, 1.165) is 0 Å². The largest absolute Gasteiger partial charge is 0.500 e. The minimum Gasteiger partial charge on any atom is -0.500 e. The SMILES string of the molecule is CCOC(=O)C1C=CC(OC)=CC=C1OC. The molecule has 0 spiro atoms. The van der Waals surface area contributed by atoms with Crippen molar-refractivity contribution in [2.24, 2.45) is 5.92 Å². The molecule has 4 heteroatoms. The first-order valence-corrected chi connectivity index (χ1v) is 5.07. The number of hydrogen-bond acceptors (Lipinski definition) is 4. The molecule has 0 fully saturated rings. The van der Waals surface area contributed by atoms with Crippen LogP contribution >= 0.6 is 0 Å². The van der Waals surface area contributed by atoms with Crippen molar-refractivity contribution >= 4 is 5.97 Å². The van der Waals surface area contributed by atoms with Crippen molar-refractivity contribution in [3.8, 4) is 0 Å². The molecular formula is C12H16O4. The van der Waals surface area contributed by atoms with Gasteiger partial charge in [-0.05, 0) is 25.2 Å². The maximum absolute atomic E-state index is 11.7. The fourth-order valence-corrected chi connectivity index (χ4v) is 1.37. The number of hydrogen-bond donors (Lipinski definition) is 0. The van der Waals surface area contributed by atoms with Gasteiger partial charge in [0.15, 0.2) is 0 Å². The first-order valence-electron chi connectivity index (χ1n) is 5.07. The minimum atomic E-state index is -0.506. The van der Waals surface area contributed by atoms with Crippen LogP contribution in [0.3, 0.4) is 0 Å². The summed E-state index contributed by atoms with van der Waals surface area (Å²) in [5, 5.41) is 0. The Morgan fingerprint density at radius 1 is 1.31 bits per heavy atom. The summed E-state index contributed by atoms with van der Waals surface area (Å²) < 4.78 is 15.2. The van der Waals surface area contributed by atoms with Gasteiger partial charge < -0.3 is 14.2 Å². The van der Waals surface area contributed by atoms with E-state index >= 15 is 0 Å². The molecule has 1 atom stereocenters. The third-order valence-corrected chi connectivity index (χ3v) is 2.18. The van der Waals surface area contributed by atoms with Crippen LogP contribution in [0.15, 0.2) is 35.8 Å². The Hall–Kier alpha value is -1.71. The Kier molecular flexibility index (Phi) is 4.64. The van der Waals surface area contributed by atoms with Gasteiger partial charge in [0.25, 0.3) is 0 Å². The molecule has 0 radical (unpaired) electrons. The molecule has 0 aromatic rings. The Balaban J connectivity index is 2.90. The van der Waals surface area contributed by atoms with E-state index in [0.29, 0.717) is 18.1 Å². The molecule has 1 rings (SSSR count). The van der Waals surface area contributed by atoms with Crippen LogP contribution in [0.4, 0.5) is 0 Å². The van der Waals surface area contributed by atoms with Gasteiger partial charge in [-0.15, -0.1) is 0 Å². The topological polar surface area (TPSA) is 44.8 Å². The van der Waals surface area contributed by atoms with Gasteiger partial charge in [0, 0.05) is 0 Å². The maximum Gasteiger partial charge on any atom is 0.320 e. The van der Waals surface area contributed by atoms with E-state index in [1.165, 1.54) is 7.11 Å². The molecule has 16 heavy (non-hydrogen) atoms. The molecule has 0 N–H and O–H groups in total. The number of rotatable bonds is 4. The van der Waals surface area contributed by atoms with Crippen LogP contribution in [-0.4, -0.2) is 26.8 Å². The molecule has 1 unspecified atom stereocenters. The smallest absolute Gasteiger partial charge is 0.320 e. The molecular weight excluding hydrogens is 208 g/mol. The lowest BCUT2D eigenvalue weighted by Crippen LogP contribution is -2.18. The standard InChI is InChI=1S/C12H16O4/c1-4-16-12(13)10-7-5-9(14-2)6-8-11(10)15-3/h5-8,10H,4H2,1-3H3. The summed E-state index contributed by atoms with van der Waals surface area (Å²) in [6, 6.07) is 0. The Morgan fingerprint density at radius 3 is 2.62 bits per heavy atom. The molecule has 0 aromatic carbocycles. The van der Waals surface area contributed by atoms with Crippen molar-refractivity contribution < 1.29 is 19.0 Å². The molecule has 88 valence electrons. The molecule has 0 bridgehead atoms. The summed E-state index contributed by atoms with van der Waals surface area (Å²) >= 11 is 0. The van der Waals surface area contributed by atoms with Crippen LogP contribution < -0.4 is 0 Å². The second-order valence-corrected chi connectivity index (χ2v) is 3.14. The van der Waals surface area contributed by atoms with E-state index in [1.807, 2.05) is 0 Å². The molecule has 0 heterocycles. The molecule has 0 amide bonds. The van der Waals surface area contributed by atoms with Crippen molar-refractivity contribution in [3.63, 3.8) is 0 Å². The predicted molar refractivity (Wildman–Crippen MR) is 59.4 cm³/mol. The molecule has 0 aliphatic heterocycles. The highest BCUT2D eigenvalue weighted by Crippen LogP contribution is 2.20. The van der Waals surface area contributed by atoms with Gasteiger partial charge in [0.05, 0.1) is 20.8 Å². The highest BCUT2D eigenvalue weighted by atomic mass is 16.5. The molecule has 0 aromatic heterocycles. The number of methoxy groups -OCH3 is 2. The monoisotopic (exact) mass is 224 g/mol. The molecule has 1 aliphatic rings. The van der Waals surface area contributed by atoms with Crippen molar-refractivity contribution in [3.05, 3.63) is 35.8 Å². The molecule has 4 nitrogen and oxygen atoms in total. The Bertz CT molecular complexity index is 339. The lowest BCUT2D eigenvalue weighted by molar-refractivity contribution is -0.146. The predicted octanol–water partition coefficient (Wildman–Crippen LogP) is 1.80. The quantitative estimate of drug-likeness (QED) is 0.683. The van der Waals surface area contributed by atoms with Gasteiger partial charge in [-0.1, -0.05) is 6.08 Å². The summed E-state index contributed by atoms with van der Waals surface area (Å²) in [4.78, 5) is 11.7. The Morgan fingerprint density at radius 2 is 2.06 bits per heavy atom. The normalized spacial score (nSPS) is 19.3. The summed E-state index contributed by atoms with van der Waals surface area (Å²) in [5.41, 5.74) is 0. The molecule has 0 saturated carbocycles. The minimum absolute atomic E-state index is 0.322. The van der Waals surface area contributed by atoms with Crippen LogP contribution in [0.2, 0.25) is 0 Å². The maximum atomic E-state index is 11.7. The van der Waals surface area contributed by atoms with Crippen molar-refractivity contribution in [2.75, 3.05) is 20.8 Å². The van der Waals surface area contributed by atoms with E-state index in [4.69, 9.17) is 14.2 Å². The molecule has 0 saturated heterocycles. The average molecular weight is 224 g/mol. The summed E-state index contributed by atoms with van der Waals surface area (Å²) in [7, 11) is 3.10. The zero-order valence-corrected chi connectivity index (χ0v) is 9.73. The zero-order valence-electron chi connectivity index (χ0n) is 9.73. The number of esters is 1. The van der Waals surface area contributed by atoms with E-state index in [2.05, 4.69) is 0 Å². The lowest BCUT2D eigenvalue weighted by atomic mass is 10.1. The summed E-state index contributed by atoms with van der Waals surface area (Å²) in [5.74, 6) is 0.384. The number of carbonyl (C=O) groups is 1. The second-order valence-electron chi connectivity index (χ2n) is 3.14. The molecule has 1 aliphatic carbocycles. The third kappa shape index (κ3) is 2.89. The number of allylic oxidation sites excluding steroid dienone is 3. The van der Waals surface area contributed by atoms with Crippen LogP contribution in [0.5, 0.6) is 0 Å². The third-order valence-electron chi connectivity index (χ3n) is 2.18. The van der Waals surface area contributed by atoms with Crippen molar-refractivity contribution in [1.29, 1.82) is 0 Å². The van der Waals surface area contributed by atoms with Crippen LogP contribution in [-0.2, 0) is 19.0 Å². The second kappa shape index (κ2) is 6.00. The highest BCUT2D eigenvalue weighted by molar-refractivity contribution is 5.78. The first kappa shape index (κ1) is 12.4. The van der Waals surface area contributed by atoms with E-state index in [1.54, 1.807) is 38.3 Å².